The minimum Gasteiger partial charge on any atom is -0.392 e. The molecular formula is C17H19FO. The van der Waals surface area contributed by atoms with Gasteiger partial charge in [0.25, 0.3) is 0 Å². The fraction of sp³-hybridized carbons (Fsp3) is 0.294. The first-order valence-corrected chi connectivity index (χ1v) is 6.54. The zero-order chi connectivity index (χ0) is 13.8. The summed E-state index contributed by atoms with van der Waals surface area (Å²) in [6.45, 7) is 3.98. The van der Waals surface area contributed by atoms with E-state index >= 15 is 0 Å². The van der Waals surface area contributed by atoms with Gasteiger partial charge in [-0.25, -0.2) is 4.39 Å². The van der Waals surface area contributed by atoms with E-state index in [4.69, 9.17) is 0 Å². The summed E-state index contributed by atoms with van der Waals surface area (Å²) in [6, 6.07) is 12.7. The Labute approximate surface area is 113 Å². The monoisotopic (exact) mass is 258 g/mol. The predicted octanol–water partition coefficient (Wildman–Crippen LogP) is 3.59. The van der Waals surface area contributed by atoms with Crippen molar-refractivity contribution in [3.63, 3.8) is 0 Å². The molecule has 1 unspecified atom stereocenters. The summed E-state index contributed by atoms with van der Waals surface area (Å²) in [4.78, 5) is 0. The molecule has 0 saturated heterocycles. The molecule has 0 heterocycles. The Morgan fingerprint density at radius 1 is 0.947 bits per heavy atom. The molecule has 2 aromatic carbocycles. The van der Waals surface area contributed by atoms with Crippen molar-refractivity contribution < 1.29 is 9.50 Å². The molecule has 0 saturated carbocycles. The Kier molecular flexibility index (Phi) is 4.33. The lowest BCUT2D eigenvalue weighted by atomic mass is 9.96. The van der Waals surface area contributed by atoms with Crippen LogP contribution >= 0.6 is 0 Å². The summed E-state index contributed by atoms with van der Waals surface area (Å²) in [5.41, 5.74) is 4.22. The number of aryl methyl sites for hydroxylation is 2. The van der Waals surface area contributed by atoms with Gasteiger partial charge < -0.3 is 5.11 Å². The van der Waals surface area contributed by atoms with Gasteiger partial charge >= 0.3 is 0 Å². The highest BCUT2D eigenvalue weighted by atomic mass is 19.1. The van der Waals surface area contributed by atoms with E-state index in [-0.39, 0.29) is 5.82 Å². The molecule has 0 spiro atoms. The van der Waals surface area contributed by atoms with Crippen LogP contribution in [0.25, 0.3) is 0 Å². The maximum Gasteiger partial charge on any atom is 0.123 e. The van der Waals surface area contributed by atoms with Crippen molar-refractivity contribution in [3.8, 4) is 0 Å². The second kappa shape index (κ2) is 5.98. The molecule has 2 rings (SSSR count). The number of hydrogen-bond acceptors (Lipinski definition) is 1. The van der Waals surface area contributed by atoms with E-state index < -0.39 is 6.10 Å². The van der Waals surface area contributed by atoms with Gasteiger partial charge in [0, 0.05) is 0 Å². The predicted molar refractivity (Wildman–Crippen MR) is 75.7 cm³/mol. The van der Waals surface area contributed by atoms with Gasteiger partial charge in [0.2, 0.25) is 0 Å². The second-order valence-corrected chi connectivity index (χ2v) is 5.06. The van der Waals surface area contributed by atoms with Crippen molar-refractivity contribution >= 4 is 0 Å². The molecule has 0 radical (unpaired) electrons. The summed E-state index contributed by atoms with van der Waals surface area (Å²) in [7, 11) is 0. The van der Waals surface area contributed by atoms with Crippen LogP contribution in [0.4, 0.5) is 4.39 Å². The number of benzene rings is 2. The molecule has 0 amide bonds. The molecule has 2 heteroatoms. The average Bonchev–Trinajstić information content (AvgIpc) is 2.37. The Hall–Kier alpha value is -1.67. The van der Waals surface area contributed by atoms with E-state index in [2.05, 4.69) is 0 Å². The largest absolute Gasteiger partial charge is 0.392 e. The third kappa shape index (κ3) is 3.65. The summed E-state index contributed by atoms with van der Waals surface area (Å²) in [6.07, 6.45) is 0.599. The fourth-order valence-corrected chi connectivity index (χ4v) is 2.28. The van der Waals surface area contributed by atoms with Crippen molar-refractivity contribution in [2.45, 2.75) is 32.8 Å². The SMILES string of the molecule is Cc1ccccc1CC(O)Cc1cc(F)ccc1C. The van der Waals surface area contributed by atoms with Gasteiger partial charge in [-0.15, -0.1) is 0 Å². The zero-order valence-corrected chi connectivity index (χ0v) is 11.4. The van der Waals surface area contributed by atoms with Crippen molar-refractivity contribution in [1.82, 2.24) is 0 Å². The highest BCUT2D eigenvalue weighted by Crippen LogP contribution is 2.16. The van der Waals surface area contributed by atoms with Crippen molar-refractivity contribution in [2.24, 2.45) is 0 Å². The second-order valence-electron chi connectivity index (χ2n) is 5.06. The number of hydrogen-bond donors (Lipinski definition) is 1. The molecule has 0 aliphatic carbocycles. The lowest BCUT2D eigenvalue weighted by Crippen LogP contribution is -2.15. The highest BCUT2D eigenvalue weighted by Gasteiger charge is 2.10. The standard InChI is InChI=1S/C17H19FO/c1-12-5-3-4-6-14(12)10-17(19)11-15-9-16(18)8-7-13(15)2/h3-9,17,19H,10-11H2,1-2H3. The molecular weight excluding hydrogens is 239 g/mol. The van der Waals surface area contributed by atoms with Crippen LogP contribution in [0.5, 0.6) is 0 Å². The molecule has 0 bridgehead atoms. The molecule has 0 aliphatic heterocycles. The Bertz CT molecular complexity index is 563. The highest BCUT2D eigenvalue weighted by molar-refractivity contribution is 5.29. The molecule has 0 aromatic heterocycles. The van der Waals surface area contributed by atoms with Gasteiger partial charge in [0.15, 0.2) is 0 Å². The van der Waals surface area contributed by atoms with Crippen LogP contribution in [0.2, 0.25) is 0 Å². The van der Waals surface area contributed by atoms with Crippen LogP contribution in [0.1, 0.15) is 22.3 Å². The van der Waals surface area contributed by atoms with Crippen LogP contribution in [-0.2, 0) is 12.8 Å². The summed E-state index contributed by atoms with van der Waals surface area (Å²) in [5.74, 6) is -0.247. The van der Waals surface area contributed by atoms with Gasteiger partial charge in [0.1, 0.15) is 5.82 Å². The van der Waals surface area contributed by atoms with Crippen LogP contribution in [0.3, 0.4) is 0 Å². The Morgan fingerprint density at radius 2 is 1.58 bits per heavy atom. The van der Waals surface area contributed by atoms with Gasteiger partial charge in [0.05, 0.1) is 6.10 Å². The molecule has 2 aromatic rings. The van der Waals surface area contributed by atoms with Gasteiger partial charge in [-0.2, -0.15) is 0 Å². The first-order valence-electron chi connectivity index (χ1n) is 6.54. The molecule has 1 nitrogen and oxygen atoms in total. The van der Waals surface area contributed by atoms with Crippen LogP contribution < -0.4 is 0 Å². The van der Waals surface area contributed by atoms with Crippen molar-refractivity contribution in [2.75, 3.05) is 0 Å². The van der Waals surface area contributed by atoms with Gasteiger partial charge in [-0.1, -0.05) is 30.3 Å². The summed E-state index contributed by atoms with van der Waals surface area (Å²) < 4.78 is 13.2. The van der Waals surface area contributed by atoms with E-state index in [0.717, 1.165) is 16.7 Å². The lowest BCUT2D eigenvalue weighted by molar-refractivity contribution is 0.175. The van der Waals surface area contributed by atoms with E-state index in [1.54, 1.807) is 6.07 Å². The van der Waals surface area contributed by atoms with Crippen LogP contribution in [0.15, 0.2) is 42.5 Å². The number of aliphatic hydroxyl groups excluding tert-OH is 1. The van der Waals surface area contributed by atoms with E-state index in [1.807, 2.05) is 38.1 Å². The Morgan fingerprint density at radius 3 is 2.32 bits per heavy atom. The van der Waals surface area contributed by atoms with Crippen molar-refractivity contribution in [3.05, 3.63) is 70.5 Å². The number of rotatable bonds is 4. The minimum absolute atomic E-state index is 0.247. The molecule has 1 N–H and O–H groups in total. The number of aliphatic hydroxyl groups is 1. The molecule has 1 atom stereocenters. The van der Waals surface area contributed by atoms with Crippen LogP contribution in [-0.4, -0.2) is 11.2 Å². The van der Waals surface area contributed by atoms with Gasteiger partial charge in [-0.3, -0.25) is 0 Å². The van der Waals surface area contributed by atoms with E-state index in [1.165, 1.54) is 17.7 Å². The summed E-state index contributed by atoms with van der Waals surface area (Å²) in [5, 5.41) is 10.2. The third-order valence-electron chi connectivity index (χ3n) is 3.48. The minimum atomic E-state index is -0.485. The normalized spacial score (nSPS) is 12.4. The maximum atomic E-state index is 13.2. The van der Waals surface area contributed by atoms with Crippen LogP contribution in [0, 0.1) is 19.7 Å². The smallest absolute Gasteiger partial charge is 0.123 e. The van der Waals surface area contributed by atoms with E-state index in [9.17, 15) is 9.50 Å². The molecule has 0 fully saturated rings. The zero-order valence-electron chi connectivity index (χ0n) is 11.4. The topological polar surface area (TPSA) is 20.2 Å². The maximum absolute atomic E-state index is 13.2. The van der Waals surface area contributed by atoms with Crippen molar-refractivity contribution in [1.29, 1.82) is 0 Å². The first kappa shape index (κ1) is 13.8. The average molecular weight is 258 g/mol. The van der Waals surface area contributed by atoms with E-state index in [0.29, 0.717) is 12.8 Å². The number of halogens is 1. The quantitative estimate of drug-likeness (QED) is 0.888. The third-order valence-corrected chi connectivity index (χ3v) is 3.48. The summed E-state index contributed by atoms with van der Waals surface area (Å²) >= 11 is 0. The molecule has 0 aliphatic rings. The van der Waals surface area contributed by atoms with Gasteiger partial charge in [-0.05, 0) is 61.1 Å². The Balaban J connectivity index is 2.07. The fourth-order valence-electron chi connectivity index (χ4n) is 2.28. The molecule has 19 heavy (non-hydrogen) atoms. The lowest BCUT2D eigenvalue weighted by Gasteiger charge is -2.14. The molecule has 100 valence electrons. The first-order chi connectivity index (χ1) is 9.06.